The monoisotopic (exact) mass is 463 g/mol. The molecule has 0 unspecified atom stereocenters. The minimum absolute atomic E-state index is 0.264. The van der Waals surface area contributed by atoms with Crippen molar-refractivity contribution < 1.29 is 22.0 Å². The van der Waals surface area contributed by atoms with Gasteiger partial charge in [0.15, 0.2) is 0 Å². The van der Waals surface area contributed by atoms with Gasteiger partial charge in [-0.05, 0) is 63.8 Å². The lowest BCUT2D eigenvalue weighted by atomic mass is 10.1. The third kappa shape index (κ3) is 5.47. The van der Waals surface area contributed by atoms with E-state index in [-0.39, 0.29) is 4.90 Å². The number of nitrogens with zero attached hydrogens (tertiary/aromatic N) is 1. The molecule has 168 valence electrons. The first-order valence-corrected chi connectivity index (χ1v) is 13.8. The van der Waals surface area contributed by atoms with Crippen molar-refractivity contribution in [2.75, 3.05) is 19.4 Å². The highest BCUT2D eigenvalue weighted by atomic mass is 32.2. The Morgan fingerprint density at radius 1 is 0.935 bits per heavy atom. The normalized spacial score (nSPS) is 12.5. The molecule has 0 atom stereocenters. The Morgan fingerprint density at radius 3 is 2.23 bits per heavy atom. The van der Waals surface area contributed by atoms with Crippen molar-refractivity contribution in [1.82, 2.24) is 3.97 Å². The quantitative estimate of drug-likeness (QED) is 0.266. The molecule has 0 aliphatic carbocycles. The van der Waals surface area contributed by atoms with Crippen LogP contribution in [0.5, 0.6) is 0 Å². The minimum atomic E-state index is -3.70. The second-order valence-corrected chi connectivity index (χ2v) is 11.4. The standard InChI is InChI=1S/C23H30NO5PS/c1-4-28-30(25,29-5-2)17-9-8-10-20-18-24(23-12-7-6-11-22(20)23)31(26,27)21-15-13-19(3)14-16-21/h6-7,11-16,18H,4-5,8-10,17H2,1-3H3. The molecule has 0 N–H and O–H groups in total. The zero-order valence-electron chi connectivity index (χ0n) is 18.3. The number of hydrogen-bond acceptors (Lipinski definition) is 5. The second kappa shape index (κ2) is 10.1. The smallest absolute Gasteiger partial charge is 0.309 e. The zero-order valence-corrected chi connectivity index (χ0v) is 20.0. The lowest BCUT2D eigenvalue weighted by Crippen LogP contribution is -2.11. The maximum Gasteiger partial charge on any atom is 0.330 e. The van der Waals surface area contributed by atoms with Crippen molar-refractivity contribution in [2.24, 2.45) is 0 Å². The van der Waals surface area contributed by atoms with Crippen LogP contribution < -0.4 is 0 Å². The first-order valence-electron chi connectivity index (χ1n) is 10.6. The number of hydrogen-bond donors (Lipinski definition) is 0. The highest BCUT2D eigenvalue weighted by molar-refractivity contribution is 7.90. The average molecular weight is 464 g/mol. The molecule has 2 aromatic carbocycles. The molecule has 0 fully saturated rings. The maximum atomic E-state index is 13.3. The molecule has 0 radical (unpaired) electrons. The Morgan fingerprint density at radius 2 is 1.58 bits per heavy atom. The van der Waals surface area contributed by atoms with E-state index in [9.17, 15) is 13.0 Å². The number of fused-ring (bicyclic) bond motifs is 1. The highest BCUT2D eigenvalue weighted by Crippen LogP contribution is 2.48. The summed E-state index contributed by atoms with van der Waals surface area (Å²) < 4.78 is 51.2. The van der Waals surface area contributed by atoms with Gasteiger partial charge in [0.05, 0.1) is 29.8 Å². The Hall–Kier alpha value is -1.92. The fourth-order valence-electron chi connectivity index (χ4n) is 3.62. The Balaban J connectivity index is 1.82. The lowest BCUT2D eigenvalue weighted by Gasteiger charge is -2.16. The predicted molar refractivity (Wildman–Crippen MR) is 124 cm³/mol. The molecule has 0 amide bonds. The highest BCUT2D eigenvalue weighted by Gasteiger charge is 2.23. The molecule has 1 heterocycles. The largest absolute Gasteiger partial charge is 0.330 e. The van der Waals surface area contributed by atoms with Crippen LogP contribution in [0.2, 0.25) is 0 Å². The second-order valence-electron chi connectivity index (χ2n) is 7.41. The van der Waals surface area contributed by atoms with Crippen molar-refractivity contribution in [3.8, 4) is 0 Å². The molecule has 0 saturated heterocycles. The molecule has 6 nitrogen and oxygen atoms in total. The number of rotatable bonds is 11. The number of unbranched alkanes of at least 4 members (excludes halogenated alkanes) is 1. The first-order chi connectivity index (χ1) is 14.8. The van der Waals surface area contributed by atoms with Crippen LogP contribution in [0.1, 0.15) is 37.8 Å². The maximum absolute atomic E-state index is 13.3. The van der Waals surface area contributed by atoms with Crippen LogP contribution in [-0.2, 0) is 30.1 Å². The topological polar surface area (TPSA) is 74.6 Å². The van der Waals surface area contributed by atoms with E-state index in [1.807, 2.05) is 31.2 Å². The minimum Gasteiger partial charge on any atom is -0.309 e. The van der Waals surface area contributed by atoms with Gasteiger partial charge in [-0.1, -0.05) is 35.9 Å². The van der Waals surface area contributed by atoms with Gasteiger partial charge in [0.2, 0.25) is 0 Å². The van der Waals surface area contributed by atoms with Gasteiger partial charge in [0.25, 0.3) is 10.0 Å². The SMILES string of the molecule is CCOP(=O)(CCCCc1cn(S(=O)(=O)c2ccc(C)cc2)c2ccccc12)OCC. The van der Waals surface area contributed by atoms with Gasteiger partial charge in [-0.2, -0.15) is 0 Å². The Bertz CT molecular complexity index is 1160. The molecular weight excluding hydrogens is 433 g/mol. The van der Waals surface area contributed by atoms with Crippen LogP contribution in [0, 0.1) is 6.92 Å². The van der Waals surface area contributed by atoms with Crippen LogP contribution in [0.4, 0.5) is 0 Å². The molecule has 0 aliphatic heterocycles. The molecular formula is C23H30NO5PS. The van der Waals surface area contributed by atoms with E-state index in [1.54, 1.807) is 44.3 Å². The van der Waals surface area contributed by atoms with Crippen LogP contribution in [0.3, 0.4) is 0 Å². The Kier molecular flexibility index (Phi) is 7.76. The molecule has 31 heavy (non-hydrogen) atoms. The van der Waals surface area contributed by atoms with E-state index in [0.717, 1.165) is 22.9 Å². The summed E-state index contributed by atoms with van der Waals surface area (Å²) >= 11 is 0. The van der Waals surface area contributed by atoms with Crippen LogP contribution in [0.25, 0.3) is 10.9 Å². The van der Waals surface area contributed by atoms with E-state index in [4.69, 9.17) is 9.05 Å². The summed E-state index contributed by atoms with van der Waals surface area (Å²) in [6, 6.07) is 14.4. The van der Waals surface area contributed by atoms with Gasteiger partial charge in [-0.25, -0.2) is 12.4 Å². The number of aryl methyl sites for hydroxylation is 2. The van der Waals surface area contributed by atoms with Crippen molar-refractivity contribution in [1.29, 1.82) is 0 Å². The van der Waals surface area contributed by atoms with E-state index < -0.39 is 17.6 Å². The molecule has 0 bridgehead atoms. The summed E-state index contributed by atoms with van der Waals surface area (Å²) in [5.41, 5.74) is 2.62. The van der Waals surface area contributed by atoms with E-state index in [0.29, 0.717) is 37.7 Å². The summed E-state index contributed by atoms with van der Waals surface area (Å²) in [5.74, 6) is 0. The van der Waals surface area contributed by atoms with Crippen molar-refractivity contribution in [3.63, 3.8) is 0 Å². The number of para-hydroxylation sites is 1. The van der Waals surface area contributed by atoms with Crippen LogP contribution in [-0.4, -0.2) is 31.8 Å². The molecule has 3 aromatic rings. The lowest BCUT2D eigenvalue weighted by molar-refractivity contribution is 0.219. The summed E-state index contributed by atoms with van der Waals surface area (Å²) in [4.78, 5) is 0.264. The van der Waals surface area contributed by atoms with Crippen molar-refractivity contribution >= 4 is 28.5 Å². The summed E-state index contributed by atoms with van der Waals surface area (Å²) in [6.45, 7) is 6.23. The number of benzene rings is 2. The third-order valence-electron chi connectivity index (χ3n) is 5.12. The molecule has 0 spiro atoms. The van der Waals surface area contributed by atoms with Gasteiger partial charge in [0, 0.05) is 11.6 Å². The Labute approximate surface area is 184 Å². The van der Waals surface area contributed by atoms with Crippen molar-refractivity contribution in [3.05, 3.63) is 65.9 Å². The van der Waals surface area contributed by atoms with Gasteiger partial charge in [0.1, 0.15) is 0 Å². The molecule has 8 heteroatoms. The summed E-state index contributed by atoms with van der Waals surface area (Å²) in [6.07, 6.45) is 4.17. The zero-order chi connectivity index (χ0) is 22.5. The van der Waals surface area contributed by atoms with E-state index in [1.165, 1.54) is 3.97 Å². The predicted octanol–water partition coefficient (Wildman–Crippen LogP) is 5.78. The van der Waals surface area contributed by atoms with Crippen LogP contribution in [0.15, 0.2) is 59.6 Å². The first kappa shape index (κ1) is 23.7. The number of aromatic nitrogens is 1. The average Bonchev–Trinajstić information content (AvgIpc) is 3.12. The van der Waals surface area contributed by atoms with E-state index in [2.05, 4.69) is 0 Å². The molecule has 0 saturated carbocycles. The van der Waals surface area contributed by atoms with Crippen LogP contribution >= 0.6 is 7.60 Å². The summed E-state index contributed by atoms with van der Waals surface area (Å²) in [5, 5.41) is 0.913. The molecule has 1 aromatic heterocycles. The van der Waals surface area contributed by atoms with E-state index >= 15 is 0 Å². The molecule has 3 rings (SSSR count). The summed E-state index contributed by atoms with van der Waals surface area (Å²) in [7, 11) is -6.75. The molecule has 0 aliphatic rings. The van der Waals surface area contributed by atoms with Gasteiger partial charge in [-0.15, -0.1) is 0 Å². The third-order valence-corrected chi connectivity index (χ3v) is 8.97. The fraction of sp³-hybridized carbons (Fsp3) is 0.391. The van der Waals surface area contributed by atoms with Crippen molar-refractivity contribution in [2.45, 2.75) is 44.9 Å². The fourth-order valence-corrected chi connectivity index (χ4v) is 6.74. The van der Waals surface area contributed by atoms with Gasteiger partial charge < -0.3 is 9.05 Å². The van der Waals surface area contributed by atoms with Gasteiger partial charge >= 0.3 is 7.60 Å². The van der Waals surface area contributed by atoms with Gasteiger partial charge in [-0.3, -0.25) is 4.57 Å².